The number of hydrogen-bond acceptors (Lipinski definition) is 4. The van der Waals surface area contributed by atoms with E-state index in [-0.39, 0.29) is 0 Å². The summed E-state index contributed by atoms with van der Waals surface area (Å²) in [5, 5.41) is 8.81. The van der Waals surface area contributed by atoms with Crippen LogP contribution < -0.4 is 4.74 Å². The third-order valence-electron chi connectivity index (χ3n) is 5.21. The van der Waals surface area contributed by atoms with E-state index in [0.717, 1.165) is 34.2 Å². The van der Waals surface area contributed by atoms with Crippen molar-refractivity contribution in [1.29, 1.82) is 0 Å². The Hall–Kier alpha value is -2.69. The Morgan fingerprint density at radius 2 is 1.85 bits per heavy atom. The average Bonchev–Trinajstić information content (AvgIpc) is 3.10. The zero-order chi connectivity index (χ0) is 17.9. The second-order valence-corrected chi connectivity index (χ2v) is 6.86. The molecule has 0 atom stereocenters. The van der Waals surface area contributed by atoms with Crippen molar-refractivity contribution in [3.8, 4) is 28.4 Å². The van der Waals surface area contributed by atoms with Crippen LogP contribution >= 0.6 is 0 Å². The van der Waals surface area contributed by atoms with Crippen LogP contribution in [0.5, 0.6) is 5.75 Å². The number of hydrogen-bond donors (Lipinski definition) is 0. The summed E-state index contributed by atoms with van der Waals surface area (Å²) >= 11 is 0. The molecule has 0 bridgehead atoms. The molecular weight excluding hydrogens is 324 g/mol. The molecule has 1 aliphatic rings. The third kappa shape index (κ3) is 3.09. The number of para-hydroxylation sites is 1. The lowest BCUT2D eigenvalue weighted by atomic mass is 9.95. The molecule has 0 saturated heterocycles. The fourth-order valence-electron chi connectivity index (χ4n) is 3.92. The van der Waals surface area contributed by atoms with Gasteiger partial charge in [-0.25, -0.2) is 0 Å². The Kier molecular flexibility index (Phi) is 4.69. The van der Waals surface area contributed by atoms with Crippen LogP contribution in [0.4, 0.5) is 0 Å². The summed E-state index contributed by atoms with van der Waals surface area (Å²) in [4.78, 5) is 4.60. The summed E-state index contributed by atoms with van der Waals surface area (Å²) in [6, 6.07) is 12.6. The van der Waals surface area contributed by atoms with Gasteiger partial charge in [0, 0.05) is 17.8 Å². The molecule has 4 rings (SSSR count). The largest absolute Gasteiger partial charge is 0.496 e. The normalized spacial score (nSPS) is 15.2. The summed E-state index contributed by atoms with van der Waals surface area (Å²) in [5.41, 5.74) is 2.99. The van der Waals surface area contributed by atoms with Crippen LogP contribution in [0, 0.1) is 6.92 Å². The van der Waals surface area contributed by atoms with Gasteiger partial charge >= 0.3 is 0 Å². The molecule has 1 aliphatic carbocycles. The first-order chi connectivity index (χ1) is 12.8. The maximum atomic E-state index is 5.51. The van der Waals surface area contributed by atoms with Crippen LogP contribution in [0.3, 0.4) is 0 Å². The second kappa shape index (κ2) is 7.28. The Labute approximate surface area is 154 Å². The minimum atomic E-state index is 0.477. The lowest BCUT2D eigenvalue weighted by Gasteiger charge is -2.25. The van der Waals surface area contributed by atoms with Gasteiger partial charge in [0.2, 0.25) is 0 Å². The molecule has 1 fully saturated rings. The number of benzene rings is 1. The van der Waals surface area contributed by atoms with Gasteiger partial charge in [0.15, 0.2) is 5.82 Å². The number of ether oxygens (including phenoxy) is 1. The topological polar surface area (TPSA) is 52.8 Å². The summed E-state index contributed by atoms with van der Waals surface area (Å²) in [6.45, 7) is 2.04. The summed E-state index contributed by atoms with van der Waals surface area (Å²) < 4.78 is 7.80. The Bertz CT molecular complexity index is 897. The molecule has 1 saturated carbocycles. The molecule has 0 amide bonds. The van der Waals surface area contributed by atoms with E-state index in [4.69, 9.17) is 4.74 Å². The van der Waals surface area contributed by atoms with Gasteiger partial charge in [-0.15, -0.1) is 10.2 Å². The molecule has 5 nitrogen and oxygen atoms in total. The number of methoxy groups -OCH3 is 1. The zero-order valence-corrected chi connectivity index (χ0v) is 15.4. The summed E-state index contributed by atoms with van der Waals surface area (Å²) in [7, 11) is 1.70. The second-order valence-electron chi connectivity index (χ2n) is 6.86. The number of pyridine rings is 1. The van der Waals surface area contributed by atoms with Crippen molar-refractivity contribution in [3.63, 3.8) is 0 Å². The molecule has 0 spiro atoms. The molecule has 0 radical (unpaired) electrons. The molecular formula is C21H24N4O. The van der Waals surface area contributed by atoms with Gasteiger partial charge in [-0.3, -0.25) is 4.98 Å². The fraction of sp³-hybridized carbons (Fsp3) is 0.381. The molecule has 3 aromatic rings. The molecule has 0 aliphatic heterocycles. The number of nitrogens with zero attached hydrogens (tertiary/aromatic N) is 4. The van der Waals surface area contributed by atoms with Crippen molar-refractivity contribution >= 4 is 0 Å². The lowest BCUT2D eigenvalue weighted by molar-refractivity contribution is 0.350. The van der Waals surface area contributed by atoms with Gasteiger partial charge in [0.25, 0.3) is 0 Å². The predicted molar refractivity (Wildman–Crippen MR) is 102 cm³/mol. The van der Waals surface area contributed by atoms with Gasteiger partial charge in [-0.2, -0.15) is 0 Å². The Morgan fingerprint density at radius 3 is 2.65 bits per heavy atom. The summed E-state index contributed by atoms with van der Waals surface area (Å²) in [6.07, 6.45) is 8.10. The van der Waals surface area contributed by atoms with E-state index in [1.807, 2.05) is 37.4 Å². The molecule has 0 N–H and O–H groups in total. The van der Waals surface area contributed by atoms with Crippen molar-refractivity contribution < 1.29 is 4.74 Å². The first-order valence-corrected chi connectivity index (χ1v) is 9.29. The smallest absolute Gasteiger partial charge is 0.182 e. The standard InChI is InChI=1S/C21H24N4O/c1-15-23-24-21(25(15)17-8-4-3-5-9-17)19-14-16(12-13-22-19)18-10-6-7-11-20(18)26-2/h6-7,10-14,17H,3-5,8-9H2,1-2H3. The molecule has 0 unspecified atom stereocenters. The van der Waals surface area contributed by atoms with E-state index in [1.54, 1.807) is 7.11 Å². The molecule has 2 aromatic heterocycles. The van der Waals surface area contributed by atoms with Crippen LogP contribution in [0.25, 0.3) is 22.6 Å². The molecule has 2 heterocycles. The van der Waals surface area contributed by atoms with Crippen LogP contribution in [0.1, 0.15) is 44.0 Å². The highest BCUT2D eigenvalue weighted by atomic mass is 16.5. The van der Waals surface area contributed by atoms with E-state index < -0.39 is 0 Å². The van der Waals surface area contributed by atoms with Crippen LogP contribution in [0.15, 0.2) is 42.6 Å². The molecule has 26 heavy (non-hydrogen) atoms. The van der Waals surface area contributed by atoms with Crippen molar-refractivity contribution in [2.75, 3.05) is 7.11 Å². The van der Waals surface area contributed by atoms with Crippen molar-refractivity contribution in [2.24, 2.45) is 0 Å². The van der Waals surface area contributed by atoms with E-state index in [1.165, 1.54) is 32.1 Å². The summed E-state index contributed by atoms with van der Waals surface area (Å²) in [5.74, 6) is 2.69. The van der Waals surface area contributed by atoms with Crippen molar-refractivity contribution in [1.82, 2.24) is 19.7 Å². The quantitative estimate of drug-likeness (QED) is 0.678. The van der Waals surface area contributed by atoms with Gasteiger partial charge in [0.1, 0.15) is 17.3 Å². The van der Waals surface area contributed by atoms with Crippen molar-refractivity contribution in [2.45, 2.75) is 45.1 Å². The Morgan fingerprint density at radius 1 is 1.04 bits per heavy atom. The van der Waals surface area contributed by atoms with Crippen LogP contribution in [-0.2, 0) is 0 Å². The zero-order valence-electron chi connectivity index (χ0n) is 15.4. The monoisotopic (exact) mass is 348 g/mol. The van der Waals surface area contributed by atoms with E-state index >= 15 is 0 Å². The first kappa shape index (κ1) is 16.8. The number of rotatable bonds is 4. The maximum Gasteiger partial charge on any atom is 0.182 e. The average molecular weight is 348 g/mol. The number of aromatic nitrogens is 4. The van der Waals surface area contributed by atoms with Gasteiger partial charge in [-0.1, -0.05) is 37.5 Å². The molecule has 5 heteroatoms. The highest BCUT2D eigenvalue weighted by Crippen LogP contribution is 2.34. The van der Waals surface area contributed by atoms with E-state index in [9.17, 15) is 0 Å². The minimum absolute atomic E-state index is 0.477. The Balaban J connectivity index is 1.76. The highest BCUT2D eigenvalue weighted by Gasteiger charge is 2.22. The van der Waals surface area contributed by atoms with Crippen molar-refractivity contribution in [3.05, 3.63) is 48.4 Å². The van der Waals surface area contributed by atoms with Crippen LogP contribution in [0.2, 0.25) is 0 Å². The predicted octanol–water partition coefficient (Wildman–Crippen LogP) is 4.83. The highest BCUT2D eigenvalue weighted by molar-refractivity contribution is 5.73. The lowest BCUT2D eigenvalue weighted by Crippen LogP contribution is -2.15. The SMILES string of the molecule is COc1ccccc1-c1ccnc(-c2nnc(C)n2C2CCCCC2)c1. The first-order valence-electron chi connectivity index (χ1n) is 9.29. The fourth-order valence-corrected chi connectivity index (χ4v) is 3.92. The number of aryl methyl sites for hydroxylation is 1. The van der Waals surface area contributed by atoms with Gasteiger partial charge < -0.3 is 9.30 Å². The van der Waals surface area contributed by atoms with Crippen LogP contribution in [-0.4, -0.2) is 26.9 Å². The van der Waals surface area contributed by atoms with Gasteiger partial charge in [-0.05, 0) is 43.5 Å². The van der Waals surface area contributed by atoms with E-state index in [0.29, 0.717) is 6.04 Å². The molecule has 1 aromatic carbocycles. The molecule has 134 valence electrons. The third-order valence-corrected chi connectivity index (χ3v) is 5.21. The van der Waals surface area contributed by atoms with Gasteiger partial charge in [0.05, 0.1) is 7.11 Å². The van der Waals surface area contributed by atoms with E-state index in [2.05, 4.69) is 31.9 Å². The maximum absolute atomic E-state index is 5.51. The minimum Gasteiger partial charge on any atom is -0.496 e.